The zero-order chi connectivity index (χ0) is 10.6. The Morgan fingerprint density at radius 2 is 1.93 bits per heavy atom. The molecule has 1 aromatic carbocycles. The first-order valence-electron chi connectivity index (χ1n) is 4.62. The summed E-state index contributed by atoms with van der Waals surface area (Å²) in [7, 11) is 0. The molecule has 0 heterocycles. The van der Waals surface area contributed by atoms with Crippen molar-refractivity contribution < 1.29 is 9.90 Å². The lowest BCUT2D eigenvalue weighted by molar-refractivity contribution is 0.0943. The van der Waals surface area contributed by atoms with Crippen LogP contribution in [0.1, 0.15) is 21.5 Å². The summed E-state index contributed by atoms with van der Waals surface area (Å²) >= 11 is 0. The van der Waals surface area contributed by atoms with E-state index < -0.39 is 0 Å². The zero-order valence-corrected chi connectivity index (χ0v) is 8.50. The molecule has 2 N–H and O–H groups in total. The largest absolute Gasteiger partial charge is 0.395 e. The Morgan fingerprint density at radius 3 is 2.43 bits per heavy atom. The Morgan fingerprint density at radius 1 is 1.36 bits per heavy atom. The number of rotatable bonds is 3. The molecule has 1 rings (SSSR count). The van der Waals surface area contributed by atoms with Gasteiger partial charge in [0.25, 0.3) is 5.91 Å². The van der Waals surface area contributed by atoms with Gasteiger partial charge in [-0.3, -0.25) is 4.79 Å². The first-order valence-corrected chi connectivity index (χ1v) is 4.62. The summed E-state index contributed by atoms with van der Waals surface area (Å²) in [5.41, 5.74) is 2.63. The monoisotopic (exact) mass is 193 g/mol. The van der Waals surface area contributed by atoms with Crippen LogP contribution in [-0.4, -0.2) is 24.2 Å². The van der Waals surface area contributed by atoms with E-state index in [4.69, 9.17) is 5.11 Å². The predicted octanol–water partition coefficient (Wildman–Crippen LogP) is 1.03. The van der Waals surface area contributed by atoms with Crippen molar-refractivity contribution in [1.29, 1.82) is 0 Å². The summed E-state index contributed by atoms with van der Waals surface area (Å²) in [5, 5.41) is 11.2. The molecule has 1 amide bonds. The number of hydrogen-bond donors (Lipinski definition) is 2. The van der Waals surface area contributed by atoms with E-state index in [2.05, 4.69) is 5.32 Å². The van der Waals surface area contributed by atoms with Gasteiger partial charge in [-0.15, -0.1) is 0 Å². The van der Waals surface area contributed by atoms with Crippen LogP contribution in [0.3, 0.4) is 0 Å². The lowest BCUT2D eigenvalue weighted by atomic mass is 10.0. The fourth-order valence-corrected chi connectivity index (χ4v) is 1.43. The molecule has 1 aromatic rings. The van der Waals surface area contributed by atoms with Crippen LogP contribution in [-0.2, 0) is 0 Å². The summed E-state index contributed by atoms with van der Waals surface area (Å²) in [6.07, 6.45) is 0. The van der Waals surface area contributed by atoms with E-state index in [-0.39, 0.29) is 12.5 Å². The second-order valence-electron chi connectivity index (χ2n) is 3.25. The van der Waals surface area contributed by atoms with Crippen LogP contribution in [0.25, 0.3) is 0 Å². The number of aryl methyl sites for hydroxylation is 2. The van der Waals surface area contributed by atoms with Gasteiger partial charge in [0.1, 0.15) is 0 Å². The minimum Gasteiger partial charge on any atom is -0.395 e. The van der Waals surface area contributed by atoms with Crippen LogP contribution in [0.5, 0.6) is 0 Å². The molecule has 3 nitrogen and oxygen atoms in total. The molecule has 0 radical (unpaired) electrons. The standard InChI is InChI=1S/C11H15NO2/c1-8-4-3-5-9(2)10(8)11(14)12-6-7-13/h3-5,13H,6-7H2,1-2H3,(H,12,14). The number of amides is 1. The van der Waals surface area contributed by atoms with Crippen LogP contribution in [0.2, 0.25) is 0 Å². The number of hydrogen-bond acceptors (Lipinski definition) is 2. The van der Waals surface area contributed by atoms with Crippen LogP contribution >= 0.6 is 0 Å². The maximum absolute atomic E-state index is 11.6. The van der Waals surface area contributed by atoms with Gasteiger partial charge in [0.05, 0.1) is 6.61 Å². The van der Waals surface area contributed by atoms with E-state index in [9.17, 15) is 4.79 Å². The molecule has 0 aliphatic heterocycles. The third-order valence-electron chi connectivity index (χ3n) is 2.11. The highest BCUT2D eigenvalue weighted by Crippen LogP contribution is 2.12. The van der Waals surface area contributed by atoms with Crippen molar-refractivity contribution in [3.8, 4) is 0 Å². The van der Waals surface area contributed by atoms with E-state index in [1.165, 1.54) is 0 Å². The zero-order valence-electron chi connectivity index (χ0n) is 8.50. The topological polar surface area (TPSA) is 49.3 Å². The fourth-order valence-electron chi connectivity index (χ4n) is 1.43. The lowest BCUT2D eigenvalue weighted by Crippen LogP contribution is -2.27. The third kappa shape index (κ3) is 2.33. The summed E-state index contributed by atoms with van der Waals surface area (Å²) < 4.78 is 0. The molecule has 0 aliphatic carbocycles. The molecule has 76 valence electrons. The normalized spacial score (nSPS) is 9.93. The van der Waals surface area contributed by atoms with Gasteiger partial charge in [0, 0.05) is 12.1 Å². The first kappa shape index (κ1) is 10.7. The minimum atomic E-state index is -0.116. The average Bonchev–Trinajstić information content (AvgIpc) is 2.14. The van der Waals surface area contributed by atoms with Gasteiger partial charge in [-0.2, -0.15) is 0 Å². The smallest absolute Gasteiger partial charge is 0.251 e. The second-order valence-corrected chi connectivity index (χ2v) is 3.25. The Hall–Kier alpha value is -1.35. The Kier molecular flexibility index (Phi) is 3.65. The van der Waals surface area contributed by atoms with Crippen molar-refractivity contribution >= 4 is 5.91 Å². The van der Waals surface area contributed by atoms with Crippen LogP contribution in [0, 0.1) is 13.8 Å². The van der Waals surface area contributed by atoms with Gasteiger partial charge in [0.2, 0.25) is 0 Å². The quantitative estimate of drug-likeness (QED) is 0.753. The van der Waals surface area contributed by atoms with Crippen molar-refractivity contribution in [2.24, 2.45) is 0 Å². The van der Waals surface area contributed by atoms with E-state index in [0.717, 1.165) is 11.1 Å². The van der Waals surface area contributed by atoms with Crippen molar-refractivity contribution in [2.75, 3.05) is 13.2 Å². The van der Waals surface area contributed by atoms with Gasteiger partial charge in [0.15, 0.2) is 0 Å². The van der Waals surface area contributed by atoms with Gasteiger partial charge >= 0.3 is 0 Å². The molecule has 3 heteroatoms. The van der Waals surface area contributed by atoms with Crippen LogP contribution in [0.15, 0.2) is 18.2 Å². The van der Waals surface area contributed by atoms with Gasteiger partial charge in [-0.1, -0.05) is 18.2 Å². The van der Waals surface area contributed by atoms with Gasteiger partial charge < -0.3 is 10.4 Å². The Bertz CT molecular complexity index is 314. The maximum Gasteiger partial charge on any atom is 0.251 e. The molecule has 0 aliphatic rings. The number of benzene rings is 1. The Balaban J connectivity index is 2.89. The number of nitrogens with one attached hydrogen (secondary N) is 1. The second kappa shape index (κ2) is 4.77. The van der Waals surface area contributed by atoms with Crippen LogP contribution in [0.4, 0.5) is 0 Å². The van der Waals surface area contributed by atoms with E-state index >= 15 is 0 Å². The first-order chi connectivity index (χ1) is 6.66. The highest BCUT2D eigenvalue weighted by atomic mass is 16.3. The Labute approximate surface area is 83.8 Å². The summed E-state index contributed by atoms with van der Waals surface area (Å²) in [5.74, 6) is -0.116. The number of aliphatic hydroxyl groups is 1. The van der Waals surface area contributed by atoms with Gasteiger partial charge in [-0.05, 0) is 25.0 Å². The molecule has 0 unspecified atom stereocenters. The molecule has 0 atom stereocenters. The lowest BCUT2D eigenvalue weighted by Gasteiger charge is -2.09. The molecular weight excluding hydrogens is 178 g/mol. The minimum absolute atomic E-state index is 0.0311. The van der Waals surface area contributed by atoms with Crippen molar-refractivity contribution in [2.45, 2.75) is 13.8 Å². The number of carbonyl (C=O) groups excluding carboxylic acids is 1. The maximum atomic E-state index is 11.6. The summed E-state index contributed by atoms with van der Waals surface area (Å²) in [6.45, 7) is 4.07. The highest BCUT2D eigenvalue weighted by molar-refractivity contribution is 5.97. The van der Waals surface area contributed by atoms with E-state index in [1.54, 1.807) is 0 Å². The molecule has 0 spiro atoms. The molecule has 0 fully saturated rings. The number of aliphatic hydroxyl groups excluding tert-OH is 1. The predicted molar refractivity (Wildman–Crippen MR) is 55.3 cm³/mol. The molecular formula is C11H15NO2. The summed E-state index contributed by atoms with van der Waals surface area (Å²) in [6, 6.07) is 5.73. The average molecular weight is 193 g/mol. The highest BCUT2D eigenvalue weighted by Gasteiger charge is 2.10. The fraction of sp³-hybridized carbons (Fsp3) is 0.364. The number of carbonyl (C=O) groups is 1. The molecule has 0 saturated carbocycles. The molecule has 0 bridgehead atoms. The summed E-state index contributed by atoms with van der Waals surface area (Å²) in [4.78, 5) is 11.6. The van der Waals surface area contributed by atoms with Crippen molar-refractivity contribution in [1.82, 2.24) is 5.32 Å². The van der Waals surface area contributed by atoms with Crippen molar-refractivity contribution in [3.63, 3.8) is 0 Å². The molecule has 0 aromatic heterocycles. The van der Waals surface area contributed by atoms with E-state index in [0.29, 0.717) is 12.1 Å². The third-order valence-corrected chi connectivity index (χ3v) is 2.11. The van der Waals surface area contributed by atoms with Crippen molar-refractivity contribution in [3.05, 3.63) is 34.9 Å². The SMILES string of the molecule is Cc1cccc(C)c1C(=O)NCCO. The van der Waals surface area contributed by atoms with Gasteiger partial charge in [-0.25, -0.2) is 0 Å². The van der Waals surface area contributed by atoms with E-state index in [1.807, 2.05) is 32.0 Å². The molecule has 14 heavy (non-hydrogen) atoms. The molecule has 0 saturated heterocycles. The van der Waals surface area contributed by atoms with Crippen LogP contribution < -0.4 is 5.32 Å².